The largest absolute Gasteiger partial charge is 0.310 e. The summed E-state index contributed by atoms with van der Waals surface area (Å²) in [4.78, 5) is 4.77. The molecule has 0 aromatic heterocycles. The molecule has 2 nitrogen and oxygen atoms in total. The first-order valence-corrected chi connectivity index (χ1v) is 23.2. The van der Waals surface area contributed by atoms with Gasteiger partial charge in [-0.15, -0.1) is 0 Å². The highest BCUT2D eigenvalue weighted by Gasteiger charge is 2.42. The van der Waals surface area contributed by atoms with Crippen LogP contribution in [0.25, 0.3) is 55.3 Å². The van der Waals surface area contributed by atoms with E-state index in [0.29, 0.717) is 0 Å². The van der Waals surface area contributed by atoms with E-state index in [9.17, 15) is 0 Å². The Balaban J connectivity index is 1.12. The summed E-state index contributed by atoms with van der Waals surface area (Å²) in [6.45, 7) is 9.71. The van der Waals surface area contributed by atoms with Crippen LogP contribution in [0.2, 0.25) is 0 Å². The van der Waals surface area contributed by atoms with Crippen LogP contribution in [-0.2, 0) is 10.8 Å². The standard InChI is InChI=1S/C64H50N2/c1-63(2)55-39-49(65(45-27-15-7-16-28-45)46-29-17-8-18-30-46)35-37-51(55)61-57(63)41-53-54(59(61)43-23-11-5-12-24-43)42-58-62(60(53)44-25-13-6-14-26-44)52-38-36-50(40-56(52)64(58,3)4)66(47-31-19-9-20-32-47)48-33-21-10-22-34-48/h5-42H,1-4H3. The van der Waals surface area contributed by atoms with Crippen LogP contribution in [0.5, 0.6) is 0 Å². The van der Waals surface area contributed by atoms with Crippen LogP contribution < -0.4 is 9.80 Å². The molecular formula is C64H50N2. The molecule has 0 amide bonds. The fourth-order valence-electron chi connectivity index (χ4n) is 11.2. The number of fused-ring (bicyclic) bond motifs is 7. The molecule has 0 radical (unpaired) electrons. The van der Waals surface area contributed by atoms with Crippen molar-refractivity contribution in [3.63, 3.8) is 0 Å². The highest BCUT2D eigenvalue weighted by molar-refractivity contribution is 6.17. The van der Waals surface area contributed by atoms with Crippen LogP contribution in [0, 0.1) is 0 Å². The number of nitrogens with zero attached hydrogens (tertiary/aromatic N) is 2. The minimum atomic E-state index is -0.297. The van der Waals surface area contributed by atoms with Crippen molar-refractivity contribution in [2.45, 2.75) is 38.5 Å². The first-order chi connectivity index (χ1) is 32.3. The maximum absolute atomic E-state index is 2.57. The molecule has 0 unspecified atom stereocenters. The summed E-state index contributed by atoms with van der Waals surface area (Å²) in [5.41, 5.74) is 22.0. The zero-order chi connectivity index (χ0) is 44.6. The summed E-state index contributed by atoms with van der Waals surface area (Å²) in [6.07, 6.45) is 0. The highest BCUT2D eigenvalue weighted by Crippen LogP contribution is 2.60. The molecule has 0 spiro atoms. The van der Waals surface area contributed by atoms with Gasteiger partial charge in [0.1, 0.15) is 0 Å². The molecule has 2 aliphatic rings. The maximum atomic E-state index is 2.57. The van der Waals surface area contributed by atoms with E-state index in [1.807, 2.05) is 0 Å². The van der Waals surface area contributed by atoms with E-state index in [2.05, 4.69) is 268 Å². The van der Waals surface area contributed by atoms with Gasteiger partial charge in [0, 0.05) is 45.0 Å². The molecule has 0 fully saturated rings. The third-order valence-corrected chi connectivity index (χ3v) is 14.4. The second-order valence-corrected chi connectivity index (χ2v) is 18.9. The lowest BCUT2D eigenvalue weighted by molar-refractivity contribution is 0.660. The van der Waals surface area contributed by atoms with Crippen LogP contribution >= 0.6 is 0 Å². The number of rotatable bonds is 8. The van der Waals surface area contributed by atoms with Gasteiger partial charge in [-0.2, -0.15) is 0 Å². The fourth-order valence-corrected chi connectivity index (χ4v) is 11.2. The zero-order valence-electron chi connectivity index (χ0n) is 37.8. The Hall–Kier alpha value is -7.94. The normalized spacial score (nSPS) is 13.7. The molecule has 10 aromatic carbocycles. The summed E-state index contributed by atoms with van der Waals surface area (Å²) < 4.78 is 0. The third kappa shape index (κ3) is 6.16. The van der Waals surface area contributed by atoms with Gasteiger partial charge in [0.05, 0.1) is 0 Å². The predicted molar refractivity (Wildman–Crippen MR) is 279 cm³/mol. The van der Waals surface area contributed by atoms with E-state index < -0.39 is 0 Å². The Kier molecular flexibility index (Phi) is 9.22. The van der Waals surface area contributed by atoms with Crippen LogP contribution in [0.1, 0.15) is 49.9 Å². The minimum absolute atomic E-state index is 0.297. The quantitative estimate of drug-likeness (QED) is 0.150. The van der Waals surface area contributed by atoms with E-state index in [0.717, 1.165) is 34.1 Å². The van der Waals surface area contributed by atoms with Gasteiger partial charge in [-0.05, 0) is 162 Å². The molecule has 0 aliphatic heterocycles. The number of para-hydroxylation sites is 4. The van der Waals surface area contributed by atoms with Crippen LogP contribution in [0.15, 0.2) is 231 Å². The first-order valence-electron chi connectivity index (χ1n) is 23.2. The Morgan fingerprint density at radius 3 is 0.848 bits per heavy atom. The predicted octanol–water partition coefficient (Wildman–Crippen LogP) is 17.7. The van der Waals surface area contributed by atoms with Crippen LogP contribution in [0.3, 0.4) is 0 Å². The van der Waals surface area contributed by atoms with Crippen molar-refractivity contribution in [1.29, 1.82) is 0 Å². The van der Waals surface area contributed by atoms with Crippen molar-refractivity contribution in [1.82, 2.24) is 0 Å². The topological polar surface area (TPSA) is 6.48 Å². The van der Waals surface area contributed by atoms with Gasteiger partial charge in [0.2, 0.25) is 0 Å². The van der Waals surface area contributed by atoms with Gasteiger partial charge in [-0.3, -0.25) is 0 Å². The van der Waals surface area contributed by atoms with E-state index in [4.69, 9.17) is 0 Å². The van der Waals surface area contributed by atoms with Crippen molar-refractivity contribution < 1.29 is 0 Å². The monoisotopic (exact) mass is 846 g/mol. The van der Waals surface area contributed by atoms with Crippen molar-refractivity contribution in [3.05, 3.63) is 253 Å². The molecule has 12 rings (SSSR count). The molecule has 2 aliphatic carbocycles. The van der Waals surface area contributed by atoms with Gasteiger partial charge in [-0.1, -0.05) is 173 Å². The van der Waals surface area contributed by atoms with Gasteiger partial charge in [0.25, 0.3) is 0 Å². The van der Waals surface area contributed by atoms with Crippen LogP contribution in [-0.4, -0.2) is 0 Å². The van der Waals surface area contributed by atoms with Gasteiger partial charge in [0.15, 0.2) is 0 Å². The summed E-state index contributed by atoms with van der Waals surface area (Å²) >= 11 is 0. The highest BCUT2D eigenvalue weighted by atomic mass is 15.1. The van der Waals surface area contributed by atoms with Crippen molar-refractivity contribution in [2.24, 2.45) is 0 Å². The second-order valence-electron chi connectivity index (χ2n) is 18.9. The molecule has 0 saturated carbocycles. The molecule has 0 saturated heterocycles. The van der Waals surface area contributed by atoms with E-state index in [1.165, 1.54) is 77.5 Å². The average molecular weight is 847 g/mol. The third-order valence-electron chi connectivity index (χ3n) is 14.4. The maximum Gasteiger partial charge on any atom is 0.0465 e. The van der Waals surface area contributed by atoms with Crippen molar-refractivity contribution >= 4 is 44.9 Å². The molecule has 66 heavy (non-hydrogen) atoms. The Morgan fingerprint density at radius 2 is 0.545 bits per heavy atom. The Bertz CT molecular complexity index is 3120. The number of benzene rings is 10. The van der Waals surface area contributed by atoms with Crippen LogP contribution in [0.4, 0.5) is 34.1 Å². The van der Waals surface area contributed by atoms with Gasteiger partial charge >= 0.3 is 0 Å². The molecule has 10 aromatic rings. The molecule has 316 valence electrons. The van der Waals surface area contributed by atoms with E-state index >= 15 is 0 Å². The van der Waals surface area contributed by atoms with E-state index in [-0.39, 0.29) is 10.8 Å². The summed E-state index contributed by atoms with van der Waals surface area (Å²) in [5, 5.41) is 2.58. The van der Waals surface area contributed by atoms with Crippen molar-refractivity contribution in [2.75, 3.05) is 9.80 Å². The number of anilines is 6. The molecular weight excluding hydrogens is 797 g/mol. The molecule has 0 bridgehead atoms. The molecule has 0 atom stereocenters. The Morgan fingerprint density at radius 1 is 0.258 bits per heavy atom. The smallest absolute Gasteiger partial charge is 0.0465 e. The average Bonchev–Trinajstić information content (AvgIpc) is 3.72. The summed E-state index contributed by atoms with van der Waals surface area (Å²) in [5.74, 6) is 0. The molecule has 0 heterocycles. The zero-order valence-corrected chi connectivity index (χ0v) is 37.8. The summed E-state index contributed by atoms with van der Waals surface area (Å²) in [6, 6.07) is 84.8. The minimum Gasteiger partial charge on any atom is -0.310 e. The first kappa shape index (κ1) is 39.6. The lowest BCUT2D eigenvalue weighted by Gasteiger charge is -2.28. The number of hydrogen-bond acceptors (Lipinski definition) is 2. The fraction of sp³-hybridized carbons (Fsp3) is 0.0938. The van der Waals surface area contributed by atoms with Crippen molar-refractivity contribution in [3.8, 4) is 44.5 Å². The van der Waals surface area contributed by atoms with Gasteiger partial charge in [-0.25, -0.2) is 0 Å². The SMILES string of the molecule is CC1(C)c2cc(N(c3ccccc3)c3ccccc3)ccc2-c2c1cc1c(-c3ccccc3)c3c(cc1c2-c1ccccc1)C(C)(C)c1cc(N(c2ccccc2)c2ccccc2)ccc1-3. The second kappa shape index (κ2) is 15.4. The summed E-state index contributed by atoms with van der Waals surface area (Å²) in [7, 11) is 0. The Labute approximate surface area is 388 Å². The molecule has 2 heteroatoms. The lowest BCUT2D eigenvalue weighted by atomic mass is 9.76. The van der Waals surface area contributed by atoms with E-state index in [1.54, 1.807) is 0 Å². The lowest BCUT2D eigenvalue weighted by Crippen LogP contribution is -2.17. The number of hydrogen-bond donors (Lipinski definition) is 0. The molecule has 0 N–H and O–H groups in total. The van der Waals surface area contributed by atoms with Gasteiger partial charge < -0.3 is 9.80 Å².